The van der Waals surface area contributed by atoms with Crippen LogP contribution >= 0.6 is 0 Å². The van der Waals surface area contributed by atoms with Crippen molar-refractivity contribution in [2.24, 2.45) is 0 Å². The van der Waals surface area contributed by atoms with Gasteiger partial charge in [-0.05, 0) is 70.4 Å². The van der Waals surface area contributed by atoms with Crippen LogP contribution in [-0.4, -0.2) is 44.3 Å². The van der Waals surface area contributed by atoms with E-state index in [4.69, 9.17) is 0 Å². The van der Waals surface area contributed by atoms with Gasteiger partial charge in [0.05, 0.1) is 10.6 Å². The lowest BCUT2D eigenvalue weighted by atomic mass is 10.1. The van der Waals surface area contributed by atoms with Crippen LogP contribution in [0.1, 0.15) is 48.1 Å². The van der Waals surface area contributed by atoms with Crippen LogP contribution in [0.15, 0.2) is 71.6 Å². The minimum absolute atomic E-state index is 0.0990. The second kappa shape index (κ2) is 12.9. The fraction of sp³-hybridized carbons (Fsp3) is 0.355. The van der Waals surface area contributed by atoms with E-state index in [9.17, 15) is 18.0 Å². The average Bonchev–Trinajstić information content (AvgIpc) is 2.88. The molecule has 0 aliphatic rings. The third-order valence-electron chi connectivity index (χ3n) is 6.68. The van der Waals surface area contributed by atoms with Crippen molar-refractivity contribution in [1.82, 2.24) is 10.2 Å². The minimum atomic E-state index is -4.09. The SMILES string of the molecule is CCNC(=O)C(CC)N(Cc1cccc(C)c1)C(=O)CN(c1ccc(C)cc1C)S(=O)(=O)c1ccc(C)cc1. The van der Waals surface area contributed by atoms with Gasteiger partial charge in [-0.1, -0.05) is 72.1 Å². The Bertz CT molecular complexity index is 1420. The maximum atomic E-state index is 14.1. The first-order chi connectivity index (χ1) is 18.5. The smallest absolute Gasteiger partial charge is 0.264 e. The van der Waals surface area contributed by atoms with E-state index < -0.39 is 28.5 Å². The van der Waals surface area contributed by atoms with Crippen molar-refractivity contribution >= 4 is 27.5 Å². The summed E-state index contributed by atoms with van der Waals surface area (Å²) in [5, 5.41) is 2.83. The zero-order valence-corrected chi connectivity index (χ0v) is 24.5. The summed E-state index contributed by atoms with van der Waals surface area (Å²) in [5.74, 6) is -0.717. The molecule has 3 rings (SSSR count). The van der Waals surface area contributed by atoms with Crippen molar-refractivity contribution in [3.8, 4) is 0 Å². The molecule has 0 heterocycles. The quantitative estimate of drug-likeness (QED) is 0.362. The third-order valence-corrected chi connectivity index (χ3v) is 8.46. The van der Waals surface area contributed by atoms with E-state index in [1.165, 1.54) is 9.21 Å². The van der Waals surface area contributed by atoms with Gasteiger partial charge in [0.15, 0.2) is 0 Å². The molecule has 3 aromatic carbocycles. The summed E-state index contributed by atoms with van der Waals surface area (Å²) in [6.45, 7) is 11.5. The van der Waals surface area contributed by atoms with Crippen molar-refractivity contribution < 1.29 is 18.0 Å². The minimum Gasteiger partial charge on any atom is -0.355 e. The van der Waals surface area contributed by atoms with Crippen LogP contribution in [-0.2, 0) is 26.2 Å². The van der Waals surface area contributed by atoms with E-state index in [0.717, 1.165) is 27.8 Å². The number of amides is 2. The van der Waals surface area contributed by atoms with E-state index in [2.05, 4.69) is 5.32 Å². The van der Waals surface area contributed by atoms with Gasteiger partial charge in [-0.25, -0.2) is 8.42 Å². The predicted octanol–water partition coefficient (Wildman–Crippen LogP) is 5.06. The van der Waals surface area contributed by atoms with Gasteiger partial charge in [0.25, 0.3) is 10.0 Å². The third kappa shape index (κ3) is 7.26. The number of rotatable bonds is 11. The first-order valence-electron chi connectivity index (χ1n) is 13.3. The second-order valence-corrected chi connectivity index (χ2v) is 11.8. The summed E-state index contributed by atoms with van der Waals surface area (Å²) in [7, 11) is -4.09. The Morgan fingerprint density at radius 2 is 1.49 bits per heavy atom. The number of nitrogens with one attached hydrogen (secondary N) is 1. The molecule has 0 saturated carbocycles. The number of nitrogens with zero attached hydrogens (tertiary/aromatic N) is 2. The van der Waals surface area contributed by atoms with Crippen LogP contribution in [0.5, 0.6) is 0 Å². The Balaban J connectivity index is 2.10. The van der Waals surface area contributed by atoms with Crippen molar-refractivity contribution in [2.45, 2.75) is 65.4 Å². The van der Waals surface area contributed by atoms with Gasteiger partial charge in [0.2, 0.25) is 11.8 Å². The van der Waals surface area contributed by atoms with Crippen LogP contribution < -0.4 is 9.62 Å². The van der Waals surface area contributed by atoms with Crippen molar-refractivity contribution in [2.75, 3.05) is 17.4 Å². The standard InChI is InChI=1S/C31H39N3O4S/c1-7-28(31(36)32-8-2)33(20-26-11-9-10-23(4)19-26)30(35)21-34(29-17-14-24(5)18-25(29)6)39(37,38)27-15-12-22(3)13-16-27/h9-19,28H,7-8,20-21H2,1-6H3,(H,32,36). The zero-order chi connectivity index (χ0) is 28.7. The van der Waals surface area contributed by atoms with Crippen molar-refractivity contribution in [1.29, 1.82) is 0 Å². The molecule has 8 heteroatoms. The summed E-state index contributed by atoms with van der Waals surface area (Å²) in [4.78, 5) is 28.7. The largest absolute Gasteiger partial charge is 0.355 e. The Kier molecular flexibility index (Phi) is 9.92. The molecule has 1 atom stereocenters. The Morgan fingerprint density at radius 1 is 0.846 bits per heavy atom. The molecule has 0 spiro atoms. The highest BCUT2D eigenvalue weighted by atomic mass is 32.2. The number of carbonyl (C=O) groups is 2. The Morgan fingerprint density at radius 3 is 2.08 bits per heavy atom. The first kappa shape index (κ1) is 29.9. The molecule has 0 fully saturated rings. The lowest BCUT2D eigenvalue weighted by molar-refractivity contribution is -0.140. The molecular formula is C31H39N3O4S. The predicted molar refractivity (Wildman–Crippen MR) is 156 cm³/mol. The van der Waals surface area contributed by atoms with Gasteiger partial charge < -0.3 is 10.2 Å². The van der Waals surface area contributed by atoms with E-state index >= 15 is 0 Å². The molecule has 0 aliphatic carbocycles. The van der Waals surface area contributed by atoms with Crippen LogP contribution in [0, 0.1) is 27.7 Å². The number of hydrogen-bond acceptors (Lipinski definition) is 4. The highest BCUT2D eigenvalue weighted by Crippen LogP contribution is 2.28. The number of aryl methyl sites for hydroxylation is 4. The van der Waals surface area contributed by atoms with Gasteiger partial charge in [-0.2, -0.15) is 0 Å². The number of sulfonamides is 1. The molecule has 208 valence electrons. The maximum Gasteiger partial charge on any atom is 0.264 e. The fourth-order valence-electron chi connectivity index (χ4n) is 4.65. The first-order valence-corrected chi connectivity index (χ1v) is 14.7. The number of benzene rings is 3. The summed E-state index contributed by atoms with van der Waals surface area (Å²) in [6, 6.07) is 19.0. The Hall–Kier alpha value is -3.65. The molecule has 1 unspecified atom stereocenters. The number of hydrogen-bond donors (Lipinski definition) is 1. The molecule has 0 radical (unpaired) electrons. The van der Waals surface area contributed by atoms with Crippen molar-refractivity contribution in [3.05, 3.63) is 94.5 Å². The van der Waals surface area contributed by atoms with E-state index in [1.54, 1.807) is 30.3 Å². The van der Waals surface area contributed by atoms with E-state index in [-0.39, 0.29) is 17.3 Å². The lowest BCUT2D eigenvalue weighted by Crippen LogP contribution is -2.52. The molecule has 39 heavy (non-hydrogen) atoms. The molecule has 0 aromatic heterocycles. The van der Waals surface area contributed by atoms with Gasteiger partial charge in [0, 0.05) is 13.1 Å². The topological polar surface area (TPSA) is 86.8 Å². The summed E-state index contributed by atoms with van der Waals surface area (Å²) < 4.78 is 29.2. The number of likely N-dealkylation sites (N-methyl/N-ethyl adjacent to an activating group) is 1. The number of anilines is 1. The maximum absolute atomic E-state index is 14.1. The number of carbonyl (C=O) groups excluding carboxylic acids is 2. The molecule has 0 aliphatic heterocycles. The van der Waals surface area contributed by atoms with Crippen LogP contribution in [0.25, 0.3) is 0 Å². The normalized spacial score (nSPS) is 12.1. The van der Waals surface area contributed by atoms with Crippen molar-refractivity contribution in [3.63, 3.8) is 0 Å². The van der Waals surface area contributed by atoms with Gasteiger partial charge in [-0.3, -0.25) is 13.9 Å². The summed E-state index contributed by atoms with van der Waals surface area (Å²) >= 11 is 0. The van der Waals surface area contributed by atoms with Gasteiger partial charge in [-0.15, -0.1) is 0 Å². The lowest BCUT2D eigenvalue weighted by Gasteiger charge is -2.33. The monoisotopic (exact) mass is 549 g/mol. The van der Waals surface area contributed by atoms with Crippen LogP contribution in [0.2, 0.25) is 0 Å². The van der Waals surface area contributed by atoms with E-state index in [0.29, 0.717) is 18.7 Å². The van der Waals surface area contributed by atoms with Gasteiger partial charge >= 0.3 is 0 Å². The summed E-state index contributed by atoms with van der Waals surface area (Å²) in [5.41, 5.74) is 4.98. The van der Waals surface area contributed by atoms with Crippen LogP contribution in [0.3, 0.4) is 0 Å². The second-order valence-electron chi connectivity index (χ2n) is 9.94. The fourth-order valence-corrected chi connectivity index (χ4v) is 6.13. The Labute approximate surface area is 232 Å². The zero-order valence-electron chi connectivity index (χ0n) is 23.7. The van der Waals surface area contributed by atoms with Gasteiger partial charge in [0.1, 0.15) is 12.6 Å². The molecular weight excluding hydrogens is 510 g/mol. The molecule has 7 nitrogen and oxygen atoms in total. The molecule has 0 bridgehead atoms. The highest BCUT2D eigenvalue weighted by molar-refractivity contribution is 7.92. The molecule has 2 amide bonds. The highest BCUT2D eigenvalue weighted by Gasteiger charge is 2.34. The molecule has 3 aromatic rings. The average molecular weight is 550 g/mol. The molecule has 0 saturated heterocycles. The molecule has 1 N–H and O–H groups in total. The van der Waals surface area contributed by atoms with E-state index in [1.807, 2.05) is 77.9 Å². The summed E-state index contributed by atoms with van der Waals surface area (Å²) in [6.07, 6.45) is 0.387. The van der Waals surface area contributed by atoms with Crippen LogP contribution in [0.4, 0.5) is 5.69 Å².